The van der Waals surface area contributed by atoms with E-state index in [-0.39, 0.29) is 0 Å². The molecular weight excluding hydrogens is 230 g/mol. The van der Waals surface area contributed by atoms with Gasteiger partial charge in [-0.25, -0.2) is 0 Å². The Morgan fingerprint density at radius 3 is 2.11 bits per heavy atom. The monoisotopic (exact) mass is 253 g/mol. The number of benzene rings is 2. The van der Waals surface area contributed by atoms with Crippen molar-refractivity contribution in [2.24, 2.45) is 0 Å². The van der Waals surface area contributed by atoms with Gasteiger partial charge in [-0.15, -0.1) is 0 Å². The Morgan fingerprint density at radius 2 is 1.53 bits per heavy atom. The summed E-state index contributed by atoms with van der Waals surface area (Å²) in [5.74, 6) is 0. The minimum Gasteiger partial charge on any atom is -0.306 e. The van der Waals surface area contributed by atoms with Gasteiger partial charge < -0.3 is 5.32 Å². The van der Waals surface area contributed by atoms with Crippen molar-refractivity contribution in [2.45, 2.75) is 40.3 Å². The van der Waals surface area contributed by atoms with Gasteiger partial charge in [0.05, 0.1) is 0 Å². The standard InChI is InChI=1S/C18H23N/c1-13-10-14(2)18(15(3)11-13)12-19-16(4)17-8-6-5-7-9-17/h5-11,16,19H,12H2,1-4H3. The Bertz CT molecular complexity index is 520. The molecule has 1 nitrogen and oxygen atoms in total. The van der Waals surface area contributed by atoms with E-state index in [1.54, 1.807) is 0 Å². The van der Waals surface area contributed by atoms with E-state index in [0.717, 1.165) is 6.54 Å². The first-order valence-corrected chi connectivity index (χ1v) is 6.93. The van der Waals surface area contributed by atoms with Crippen LogP contribution in [-0.4, -0.2) is 0 Å². The molecule has 0 heterocycles. The number of rotatable bonds is 4. The predicted octanol–water partition coefficient (Wildman–Crippen LogP) is 4.46. The van der Waals surface area contributed by atoms with Gasteiger partial charge >= 0.3 is 0 Å². The molecule has 2 aromatic rings. The molecule has 0 fully saturated rings. The molecule has 1 N–H and O–H groups in total. The summed E-state index contributed by atoms with van der Waals surface area (Å²) in [6.07, 6.45) is 0. The molecule has 0 aliphatic rings. The van der Waals surface area contributed by atoms with Crippen LogP contribution in [-0.2, 0) is 6.54 Å². The van der Waals surface area contributed by atoms with Crippen LogP contribution in [0.1, 0.15) is 40.8 Å². The van der Waals surface area contributed by atoms with Gasteiger partial charge in [-0.05, 0) is 49.9 Å². The fourth-order valence-corrected chi connectivity index (χ4v) is 2.60. The smallest absolute Gasteiger partial charge is 0.0294 e. The molecule has 0 aliphatic heterocycles. The van der Waals surface area contributed by atoms with Crippen molar-refractivity contribution < 1.29 is 0 Å². The second-order valence-corrected chi connectivity index (χ2v) is 5.39. The Balaban J connectivity index is 2.07. The van der Waals surface area contributed by atoms with Crippen molar-refractivity contribution in [2.75, 3.05) is 0 Å². The second kappa shape index (κ2) is 6.03. The molecule has 1 heteroatoms. The van der Waals surface area contributed by atoms with Crippen molar-refractivity contribution >= 4 is 0 Å². The molecular formula is C18H23N. The number of hydrogen-bond donors (Lipinski definition) is 1. The van der Waals surface area contributed by atoms with Gasteiger partial charge in [0.15, 0.2) is 0 Å². The first kappa shape index (κ1) is 13.8. The van der Waals surface area contributed by atoms with E-state index in [9.17, 15) is 0 Å². The highest BCUT2D eigenvalue weighted by Crippen LogP contribution is 2.18. The lowest BCUT2D eigenvalue weighted by molar-refractivity contribution is 0.572. The van der Waals surface area contributed by atoms with Crippen molar-refractivity contribution in [3.05, 3.63) is 70.3 Å². The highest BCUT2D eigenvalue weighted by Gasteiger charge is 2.07. The summed E-state index contributed by atoms with van der Waals surface area (Å²) in [6, 6.07) is 15.5. The highest BCUT2D eigenvalue weighted by molar-refractivity contribution is 5.37. The average Bonchev–Trinajstić information content (AvgIpc) is 2.38. The molecule has 0 bridgehead atoms. The number of nitrogens with one attached hydrogen (secondary N) is 1. The van der Waals surface area contributed by atoms with E-state index < -0.39 is 0 Å². The fraction of sp³-hybridized carbons (Fsp3) is 0.333. The van der Waals surface area contributed by atoms with Crippen molar-refractivity contribution in [1.82, 2.24) is 5.32 Å². The minimum absolute atomic E-state index is 0.376. The maximum atomic E-state index is 3.62. The first-order valence-electron chi connectivity index (χ1n) is 6.93. The zero-order valence-electron chi connectivity index (χ0n) is 12.3. The lowest BCUT2D eigenvalue weighted by atomic mass is 9.99. The van der Waals surface area contributed by atoms with Crippen LogP contribution in [0.4, 0.5) is 0 Å². The summed E-state index contributed by atoms with van der Waals surface area (Å²) in [5.41, 5.74) is 6.86. The summed E-state index contributed by atoms with van der Waals surface area (Å²) in [6.45, 7) is 9.69. The second-order valence-electron chi connectivity index (χ2n) is 5.39. The summed E-state index contributed by atoms with van der Waals surface area (Å²) in [7, 11) is 0. The van der Waals surface area contributed by atoms with Crippen LogP contribution in [0.25, 0.3) is 0 Å². The zero-order valence-corrected chi connectivity index (χ0v) is 12.3. The van der Waals surface area contributed by atoms with Gasteiger partial charge in [0.25, 0.3) is 0 Å². The van der Waals surface area contributed by atoms with Gasteiger partial charge in [0.1, 0.15) is 0 Å². The largest absolute Gasteiger partial charge is 0.306 e. The Morgan fingerprint density at radius 1 is 0.947 bits per heavy atom. The topological polar surface area (TPSA) is 12.0 Å². The lowest BCUT2D eigenvalue weighted by Crippen LogP contribution is -2.19. The van der Waals surface area contributed by atoms with E-state index in [1.807, 2.05) is 0 Å². The molecule has 0 aliphatic carbocycles. The fourth-order valence-electron chi connectivity index (χ4n) is 2.60. The van der Waals surface area contributed by atoms with Gasteiger partial charge in [0.2, 0.25) is 0 Å². The molecule has 0 radical (unpaired) electrons. The van der Waals surface area contributed by atoms with Crippen LogP contribution in [0.15, 0.2) is 42.5 Å². The number of aryl methyl sites for hydroxylation is 3. The summed E-state index contributed by atoms with van der Waals surface area (Å²) >= 11 is 0. The van der Waals surface area contributed by atoms with Crippen LogP contribution in [0.5, 0.6) is 0 Å². The van der Waals surface area contributed by atoms with Gasteiger partial charge in [0, 0.05) is 12.6 Å². The molecule has 1 atom stereocenters. The van der Waals surface area contributed by atoms with Crippen LogP contribution in [0, 0.1) is 20.8 Å². The lowest BCUT2D eigenvalue weighted by Gasteiger charge is -2.17. The number of hydrogen-bond acceptors (Lipinski definition) is 1. The third-order valence-electron chi connectivity index (χ3n) is 3.72. The zero-order chi connectivity index (χ0) is 13.8. The summed E-state index contributed by atoms with van der Waals surface area (Å²) < 4.78 is 0. The van der Waals surface area contributed by atoms with E-state index >= 15 is 0 Å². The molecule has 2 rings (SSSR count). The maximum absolute atomic E-state index is 3.62. The summed E-state index contributed by atoms with van der Waals surface area (Å²) in [4.78, 5) is 0. The molecule has 0 saturated heterocycles. The highest BCUT2D eigenvalue weighted by atomic mass is 14.9. The Labute approximate surface area is 116 Å². The third-order valence-corrected chi connectivity index (χ3v) is 3.72. The molecule has 0 spiro atoms. The van der Waals surface area contributed by atoms with Gasteiger partial charge in [-0.3, -0.25) is 0 Å². The average molecular weight is 253 g/mol. The molecule has 19 heavy (non-hydrogen) atoms. The van der Waals surface area contributed by atoms with Crippen LogP contribution in [0.3, 0.4) is 0 Å². The minimum atomic E-state index is 0.376. The van der Waals surface area contributed by atoms with Crippen molar-refractivity contribution in [3.63, 3.8) is 0 Å². The van der Waals surface area contributed by atoms with Crippen LogP contribution in [0.2, 0.25) is 0 Å². The van der Waals surface area contributed by atoms with Crippen LogP contribution >= 0.6 is 0 Å². The van der Waals surface area contributed by atoms with E-state index in [0.29, 0.717) is 6.04 Å². The van der Waals surface area contributed by atoms with E-state index in [2.05, 4.69) is 75.5 Å². The molecule has 0 aromatic heterocycles. The first-order chi connectivity index (χ1) is 9.08. The van der Waals surface area contributed by atoms with Crippen molar-refractivity contribution in [1.29, 1.82) is 0 Å². The molecule has 100 valence electrons. The van der Waals surface area contributed by atoms with E-state index in [1.165, 1.54) is 27.8 Å². The third kappa shape index (κ3) is 3.45. The van der Waals surface area contributed by atoms with E-state index in [4.69, 9.17) is 0 Å². The SMILES string of the molecule is Cc1cc(C)c(CNC(C)c2ccccc2)c(C)c1. The summed E-state index contributed by atoms with van der Waals surface area (Å²) in [5, 5.41) is 3.62. The Kier molecular flexibility index (Phi) is 4.39. The quantitative estimate of drug-likeness (QED) is 0.848. The normalized spacial score (nSPS) is 12.4. The van der Waals surface area contributed by atoms with Gasteiger partial charge in [-0.2, -0.15) is 0 Å². The van der Waals surface area contributed by atoms with Crippen LogP contribution < -0.4 is 5.32 Å². The molecule has 0 amide bonds. The predicted molar refractivity (Wildman–Crippen MR) is 82.3 cm³/mol. The molecule has 0 saturated carbocycles. The van der Waals surface area contributed by atoms with Gasteiger partial charge in [-0.1, -0.05) is 48.0 Å². The molecule has 1 unspecified atom stereocenters. The molecule has 2 aromatic carbocycles. The maximum Gasteiger partial charge on any atom is 0.0294 e. The van der Waals surface area contributed by atoms with Crippen molar-refractivity contribution in [3.8, 4) is 0 Å². The Hall–Kier alpha value is -1.60.